The molecule has 0 saturated heterocycles. The van der Waals surface area contributed by atoms with E-state index in [1.807, 2.05) is 0 Å². The fraction of sp³-hybridized carbons (Fsp3) is 0.214. The number of rotatable bonds is 4. The van der Waals surface area contributed by atoms with Gasteiger partial charge in [-0.05, 0) is 18.6 Å². The highest BCUT2D eigenvalue weighted by Gasteiger charge is 2.29. The van der Waals surface area contributed by atoms with Crippen LogP contribution in [0.4, 0.5) is 0 Å². The first kappa shape index (κ1) is 15.0. The Morgan fingerprint density at radius 1 is 1.32 bits per heavy atom. The van der Waals surface area contributed by atoms with Crippen LogP contribution in [0.1, 0.15) is 22.3 Å². The van der Waals surface area contributed by atoms with Gasteiger partial charge in [0.1, 0.15) is 0 Å². The summed E-state index contributed by atoms with van der Waals surface area (Å²) in [4.78, 5) is 11.2. The molecular formula is C14H13NO5S2. The number of hydrogen-bond donors (Lipinski definition) is 2. The molecule has 0 spiro atoms. The van der Waals surface area contributed by atoms with Crippen LogP contribution < -0.4 is 9.46 Å². The second kappa shape index (κ2) is 5.71. The van der Waals surface area contributed by atoms with Gasteiger partial charge in [-0.3, -0.25) is 0 Å². The van der Waals surface area contributed by atoms with E-state index in [0.717, 1.165) is 0 Å². The summed E-state index contributed by atoms with van der Waals surface area (Å²) >= 11 is 1.17. The van der Waals surface area contributed by atoms with Crippen LogP contribution in [0.2, 0.25) is 0 Å². The number of carboxylic acid groups (broad SMARTS) is 1. The summed E-state index contributed by atoms with van der Waals surface area (Å²) in [6.45, 7) is 0. The zero-order chi connectivity index (χ0) is 15.7. The fourth-order valence-corrected chi connectivity index (χ4v) is 4.42. The minimum absolute atomic E-state index is 0.168. The molecule has 1 aromatic heterocycles. The molecule has 0 bridgehead atoms. The van der Waals surface area contributed by atoms with E-state index in [-0.39, 0.29) is 10.5 Å². The molecule has 0 radical (unpaired) electrons. The van der Waals surface area contributed by atoms with Crippen LogP contribution in [0.15, 0.2) is 40.6 Å². The van der Waals surface area contributed by atoms with Crippen molar-refractivity contribution in [3.8, 4) is 5.06 Å². The summed E-state index contributed by atoms with van der Waals surface area (Å²) in [7, 11) is -3.66. The van der Waals surface area contributed by atoms with Crippen molar-refractivity contribution < 1.29 is 23.1 Å². The zero-order valence-corrected chi connectivity index (χ0v) is 13.0. The molecule has 1 aliphatic heterocycles. The number of nitrogens with one attached hydrogen (secondary N) is 1. The van der Waals surface area contributed by atoms with Crippen molar-refractivity contribution in [1.29, 1.82) is 0 Å². The van der Waals surface area contributed by atoms with E-state index in [9.17, 15) is 13.2 Å². The Bertz CT molecular complexity index is 798. The molecule has 3 rings (SSSR count). The summed E-state index contributed by atoms with van der Waals surface area (Å²) in [5, 5.41) is 11.0. The molecular weight excluding hydrogens is 326 g/mol. The maximum Gasteiger partial charge on any atom is 0.336 e. The van der Waals surface area contributed by atoms with E-state index in [2.05, 4.69) is 4.72 Å². The first-order valence-corrected chi connectivity index (χ1v) is 8.91. The summed E-state index contributed by atoms with van der Waals surface area (Å²) < 4.78 is 32.6. The maximum absolute atomic E-state index is 12.2. The van der Waals surface area contributed by atoms with Crippen molar-refractivity contribution in [2.45, 2.75) is 24.0 Å². The van der Waals surface area contributed by atoms with E-state index in [0.29, 0.717) is 23.5 Å². The standard InChI is InChI=1S/C14H13NO5S2/c16-13(17)11-8-21-14-10(11)6-7-12(20-14)15-22(18,19)9-4-2-1-3-5-9/h1-5,8,12,15H,6-7H2,(H,16,17). The normalized spacial score (nSPS) is 17.5. The third kappa shape index (κ3) is 2.85. The number of hydrogen-bond acceptors (Lipinski definition) is 5. The zero-order valence-electron chi connectivity index (χ0n) is 11.4. The van der Waals surface area contributed by atoms with Gasteiger partial charge >= 0.3 is 5.97 Å². The van der Waals surface area contributed by atoms with E-state index in [1.54, 1.807) is 18.2 Å². The van der Waals surface area contributed by atoms with Crippen molar-refractivity contribution in [3.05, 3.63) is 46.8 Å². The van der Waals surface area contributed by atoms with Crippen LogP contribution in [0.3, 0.4) is 0 Å². The van der Waals surface area contributed by atoms with Crippen molar-refractivity contribution >= 4 is 27.3 Å². The lowest BCUT2D eigenvalue weighted by molar-refractivity contribution is 0.0693. The topological polar surface area (TPSA) is 92.7 Å². The predicted molar refractivity (Wildman–Crippen MR) is 80.8 cm³/mol. The second-order valence-corrected chi connectivity index (χ2v) is 7.36. The van der Waals surface area contributed by atoms with Gasteiger partial charge in [0.05, 0.1) is 10.5 Å². The van der Waals surface area contributed by atoms with Crippen molar-refractivity contribution in [2.24, 2.45) is 0 Å². The molecule has 0 aliphatic carbocycles. The molecule has 1 atom stereocenters. The first-order chi connectivity index (χ1) is 10.5. The molecule has 2 N–H and O–H groups in total. The molecule has 2 heterocycles. The Labute approximate surface area is 131 Å². The summed E-state index contributed by atoms with van der Waals surface area (Å²) in [6, 6.07) is 8.04. The molecule has 1 aromatic carbocycles. The van der Waals surface area contributed by atoms with Gasteiger partial charge in [0.15, 0.2) is 11.3 Å². The number of thiophene rings is 1. The van der Waals surface area contributed by atoms with Crippen molar-refractivity contribution in [1.82, 2.24) is 4.72 Å². The van der Waals surface area contributed by atoms with Gasteiger partial charge in [-0.15, -0.1) is 11.3 Å². The van der Waals surface area contributed by atoms with Gasteiger partial charge in [0.2, 0.25) is 10.0 Å². The lowest BCUT2D eigenvalue weighted by Crippen LogP contribution is -2.41. The Hall–Kier alpha value is -1.90. The Morgan fingerprint density at radius 2 is 2.05 bits per heavy atom. The number of carboxylic acids is 1. The van der Waals surface area contributed by atoms with Gasteiger partial charge in [-0.25, -0.2) is 13.2 Å². The lowest BCUT2D eigenvalue weighted by Gasteiger charge is -2.24. The highest BCUT2D eigenvalue weighted by molar-refractivity contribution is 7.89. The van der Waals surface area contributed by atoms with Crippen LogP contribution in [-0.2, 0) is 16.4 Å². The predicted octanol–water partition coefficient (Wildman–Crippen LogP) is 2.08. The van der Waals surface area contributed by atoms with Gasteiger partial charge in [-0.2, -0.15) is 4.72 Å². The smallest absolute Gasteiger partial charge is 0.336 e. The number of carbonyl (C=O) groups is 1. The molecule has 0 saturated carbocycles. The molecule has 116 valence electrons. The number of fused-ring (bicyclic) bond motifs is 1. The Kier molecular flexibility index (Phi) is 3.90. The van der Waals surface area contributed by atoms with Crippen LogP contribution in [0, 0.1) is 0 Å². The average molecular weight is 339 g/mol. The molecule has 2 aromatic rings. The quantitative estimate of drug-likeness (QED) is 0.889. The lowest BCUT2D eigenvalue weighted by atomic mass is 10.1. The van der Waals surface area contributed by atoms with Gasteiger partial charge in [0.25, 0.3) is 0 Å². The highest BCUT2D eigenvalue weighted by Crippen LogP contribution is 2.36. The number of benzene rings is 1. The third-order valence-electron chi connectivity index (χ3n) is 3.33. The SMILES string of the molecule is O=C(O)c1csc2c1CCC(NS(=O)(=O)c1ccccc1)O2. The average Bonchev–Trinajstić information content (AvgIpc) is 2.91. The van der Waals surface area contributed by atoms with E-state index in [4.69, 9.17) is 9.84 Å². The summed E-state index contributed by atoms with van der Waals surface area (Å²) in [5.74, 6) is -0.996. The van der Waals surface area contributed by atoms with E-state index < -0.39 is 22.2 Å². The molecule has 8 heteroatoms. The van der Waals surface area contributed by atoms with Gasteiger partial charge < -0.3 is 9.84 Å². The summed E-state index contributed by atoms with van der Waals surface area (Å²) in [6.07, 6.45) is 0.149. The Morgan fingerprint density at radius 3 is 2.73 bits per heavy atom. The highest BCUT2D eigenvalue weighted by atomic mass is 32.2. The minimum atomic E-state index is -3.66. The van der Waals surface area contributed by atoms with Crippen molar-refractivity contribution in [2.75, 3.05) is 0 Å². The number of ether oxygens (including phenoxy) is 1. The molecule has 0 fully saturated rings. The van der Waals surface area contributed by atoms with E-state index in [1.165, 1.54) is 28.8 Å². The first-order valence-electron chi connectivity index (χ1n) is 6.55. The fourth-order valence-electron chi connectivity index (χ4n) is 2.27. The molecule has 22 heavy (non-hydrogen) atoms. The monoisotopic (exact) mass is 339 g/mol. The molecule has 0 amide bonds. The number of aromatic carboxylic acids is 1. The van der Waals surface area contributed by atoms with Crippen LogP contribution in [0.5, 0.6) is 5.06 Å². The van der Waals surface area contributed by atoms with Crippen LogP contribution in [0.25, 0.3) is 0 Å². The van der Waals surface area contributed by atoms with Crippen molar-refractivity contribution in [3.63, 3.8) is 0 Å². The third-order valence-corrected chi connectivity index (χ3v) is 5.71. The van der Waals surface area contributed by atoms with Crippen LogP contribution >= 0.6 is 11.3 Å². The van der Waals surface area contributed by atoms with E-state index >= 15 is 0 Å². The van der Waals surface area contributed by atoms with Gasteiger partial charge in [0, 0.05) is 17.4 Å². The van der Waals surface area contributed by atoms with Crippen LogP contribution in [-0.4, -0.2) is 25.7 Å². The largest absolute Gasteiger partial charge is 0.478 e. The minimum Gasteiger partial charge on any atom is -0.478 e. The molecule has 1 aliphatic rings. The summed E-state index contributed by atoms with van der Waals surface area (Å²) in [5.41, 5.74) is 0.858. The Balaban J connectivity index is 1.77. The van der Waals surface area contributed by atoms with Gasteiger partial charge in [-0.1, -0.05) is 18.2 Å². The number of sulfonamides is 1. The molecule has 1 unspecified atom stereocenters. The second-order valence-electron chi connectivity index (χ2n) is 4.80. The molecule has 6 nitrogen and oxygen atoms in total. The maximum atomic E-state index is 12.2.